The molecule has 4 heteroatoms. The fourth-order valence-electron chi connectivity index (χ4n) is 2.55. The minimum Gasteiger partial charge on any atom is -0.458 e. The summed E-state index contributed by atoms with van der Waals surface area (Å²) in [5.41, 5.74) is 2.47. The second-order valence-electron chi connectivity index (χ2n) is 5.33. The van der Waals surface area contributed by atoms with Crippen molar-refractivity contribution < 1.29 is 4.42 Å². The van der Waals surface area contributed by atoms with Crippen LogP contribution in [0.5, 0.6) is 0 Å². The lowest BCUT2D eigenvalue weighted by molar-refractivity contribution is 0.516. The Hall–Kier alpha value is -2.54. The van der Waals surface area contributed by atoms with Crippen LogP contribution in [0.3, 0.4) is 0 Å². The normalized spacial score (nSPS) is 11.2. The first-order chi connectivity index (χ1) is 10.1. The molecule has 3 rings (SSSR count). The van der Waals surface area contributed by atoms with E-state index in [1.54, 1.807) is 0 Å². The van der Waals surface area contributed by atoms with Gasteiger partial charge in [-0.15, -0.1) is 0 Å². The summed E-state index contributed by atoms with van der Waals surface area (Å²) < 4.78 is 8.00. The van der Waals surface area contributed by atoms with Gasteiger partial charge in [0.05, 0.1) is 22.7 Å². The van der Waals surface area contributed by atoms with Crippen molar-refractivity contribution in [2.75, 3.05) is 0 Å². The van der Waals surface area contributed by atoms with Gasteiger partial charge >= 0.3 is 0 Å². The third kappa shape index (κ3) is 2.21. The molecule has 4 nitrogen and oxygen atoms in total. The molecule has 0 bridgehead atoms. The summed E-state index contributed by atoms with van der Waals surface area (Å²) in [6.45, 7) is 6.30. The van der Waals surface area contributed by atoms with Gasteiger partial charge in [-0.05, 0) is 44.2 Å². The summed E-state index contributed by atoms with van der Waals surface area (Å²) in [4.78, 5) is 4.68. The van der Waals surface area contributed by atoms with Gasteiger partial charge in [0, 0.05) is 12.5 Å². The number of fused-ring (bicyclic) bond motifs is 1. The van der Waals surface area contributed by atoms with E-state index in [1.807, 2.05) is 30.3 Å². The molecule has 0 amide bonds. The van der Waals surface area contributed by atoms with E-state index in [9.17, 15) is 0 Å². The first-order valence-electron chi connectivity index (χ1n) is 7.15. The largest absolute Gasteiger partial charge is 0.458 e. The summed E-state index contributed by atoms with van der Waals surface area (Å²) in [6, 6.07) is 12.0. The van der Waals surface area contributed by atoms with Crippen LogP contribution in [-0.4, -0.2) is 9.55 Å². The maximum atomic E-state index is 9.03. The minimum absolute atomic E-state index is 0.258. The molecule has 0 fully saturated rings. The van der Waals surface area contributed by atoms with Crippen LogP contribution in [0.4, 0.5) is 0 Å². The highest BCUT2D eigenvalue weighted by Gasteiger charge is 2.17. The van der Waals surface area contributed by atoms with Crippen LogP contribution >= 0.6 is 0 Å². The number of aryl methyl sites for hydroxylation is 1. The van der Waals surface area contributed by atoms with Gasteiger partial charge in [0.2, 0.25) is 0 Å². The van der Waals surface area contributed by atoms with E-state index in [-0.39, 0.29) is 6.04 Å². The van der Waals surface area contributed by atoms with Gasteiger partial charge in [-0.3, -0.25) is 0 Å². The monoisotopic (exact) mass is 279 g/mol. The van der Waals surface area contributed by atoms with Crippen molar-refractivity contribution in [2.45, 2.75) is 33.2 Å². The molecule has 0 aliphatic carbocycles. The number of rotatable bonds is 3. The average Bonchev–Trinajstić information content (AvgIpc) is 3.09. The van der Waals surface area contributed by atoms with Crippen LogP contribution in [0, 0.1) is 11.3 Å². The Kier molecular flexibility index (Phi) is 3.26. The van der Waals surface area contributed by atoms with Gasteiger partial charge in [-0.25, -0.2) is 4.98 Å². The molecule has 0 spiro atoms. The van der Waals surface area contributed by atoms with Crippen LogP contribution in [0.1, 0.15) is 38.1 Å². The third-order valence-corrected chi connectivity index (χ3v) is 3.57. The molecule has 0 radical (unpaired) electrons. The second-order valence-corrected chi connectivity index (χ2v) is 5.33. The number of furan rings is 1. The van der Waals surface area contributed by atoms with E-state index >= 15 is 0 Å². The van der Waals surface area contributed by atoms with Crippen molar-refractivity contribution in [3.8, 4) is 17.7 Å². The molecular weight excluding hydrogens is 262 g/mol. The van der Waals surface area contributed by atoms with Crippen molar-refractivity contribution in [3.05, 3.63) is 41.7 Å². The second kappa shape index (κ2) is 5.10. The zero-order valence-electron chi connectivity index (χ0n) is 12.4. The molecule has 2 aromatic heterocycles. The predicted octanol–water partition coefficient (Wildman–Crippen LogP) is 4.31. The van der Waals surface area contributed by atoms with Crippen LogP contribution in [0.15, 0.2) is 34.7 Å². The van der Waals surface area contributed by atoms with E-state index in [4.69, 9.17) is 9.68 Å². The number of nitrogens with zero attached hydrogens (tertiary/aromatic N) is 3. The first kappa shape index (κ1) is 13.4. The number of nitriles is 1. The van der Waals surface area contributed by atoms with Gasteiger partial charge in [-0.2, -0.15) is 5.26 Å². The molecule has 106 valence electrons. The van der Waals surface area contributed by atoms with Crippen LogP contribution in [-0.2, 0) is 6.42 Å². The van der Waals surface area contributed by atoms with Crippen molar-refractivity contribution in [1.82, 2.24) is 9.55 Å². The fourth-order valence-corrected chi connectivity index (χ4v) is 2.55. The molecule has 3 aromatic rings. The molecule has 0 aliphatic heterocycles. The molecule has 0 N–H and O–H groups in total. The quantitative estimate of drug-likeness (QED) is 0.717. The molecule has 0 saturated heterocycles. The summed E-state index contributed by atoms with van der Waals surface area (Å²) in [5.74, 6) is 2.54. The number of imidazole rings is 1. The molecule has 0 aliphatic rings. The van der Waals surface area contributed by atoms with Crippen LogP contribution < -0.4 is 0 Å². The summed E-state index contributed by atoms with van der Waals surface area (Å²) in [5, 5.41) is 9.03. The van der Waals surface area contributed by atoms with Gasteiger partial charge in [0.15, 0.2) is 11.6 Å². The SMILES string of the molecule is CCc1ccc(-c2nc3cc(C#N)ccc3n2C(C)C)o1. The highest BCUT2D eigenvalue weighted by molar-refractivity contribution is 5.81. The molecule has 2 heterocycles. The maximum absolute atomic E-state index is 9.03. The Bertz CT molecular complexity index is 833. The number of benzene rings is 1. The maximum Gasteiger partial charge on any atom is 0.177 e. The lowest BCUT2D eigenvalue weighted by Gasteiger charge is -2.11. The smallest absolute Gasteiger partial charge is 0.177 e. The van der Waals surface area contributed by atoms with Gasteiger partial charge in [-0.1, -0.05) is 6.92 Å². The Morgan fingerprint density at radius 3 is 2.71 bits per heavy atom. The van der Waals surface area contributed by atoms with E-state index < -0.39 is 0 Å². The average molecular weight is 279 g/mol. The predicted molar refractivity (Wildman–Crippen MR) is 81.9 cm³/mol. The van der Waals surface area contributed by atoms with Gasteiger partial charge in [0.25, 0.3) is 0 Å². The number of aromatic nitrogens is 2. The van der Waals surface area contributed by atoms with E-state index in [0.29, 0.717) is 5.56 Å². The minimum atomic E-state index is 0.258. The summed E-state index contributed by atoms with van der Waals surface area (Å²) >= 11 is 0. The molecule has 0 atom stereocenters. The first-order valence-corrected chi connectivity index (χ1v) is 7.15. The van der Waals surface area contributed by atoms with Crippen LogP contribution in [0.25, 0.3) is 22.6 Å². The van der Waals surface area contributed by atoms with Crippen molar-refractivity contribution >= 4 is 11.0 Å². The lowest BCUT2D eigenvalue weighted by atomic mass is 10.2. The lowest BCUT2D eigenvalue weighted by Crippen LogP contribution is -2.02. The van der Waals surface area contributed by atoms with E-state index in [0.717, 1.165) is 34.8 Å². The van der Waals surface area contributed by atoms with Crippen molar-refractivity contribution in [3.63, 3.8) is 0 Å². The standard InChI is InChI=1S/C17H17N3O/c1-4-13-6-8-16(21-13)17-19-14-9-12(10-18)5-7-15(14)20(17)11(2)3/h5-9,11H,4H2,1-3H3. The molecule has 0 saturated carbocycles. The van der Waals surface area contributed by atoms with E-state index in [2.05, 4.69) is 36.4 Å². The Labute approximate surface area is 123 Å². The Morgan fingerprint density at radius 1 is 1.29 bits per heavy atom. The van der Waals surface area contributed by atoms with E-state index in [1.165, 1.54) is 0 Å². The van der Waals surface area contributed by atoms with Crippen molar-refractivity contribution in [1.29, 1.82) is 5.26 Å². The highest BCUT2D eigenvalue weighted by atomic mass is 16.3. The zero-order chi connectivity index (χ0) is 15.0. The number of hydrogen-bond donors (Lipinski definition) is 0. The molecule has 1 aromatic carbocycles. The number of hydrogen-bond acceptors (Lipinski definition) is 3. The molecule has 21 heavy (non-hydrogen) atoms. The Morgan fingerprint density at radius 2 is 2.10 bits per heavy atom. The van der Waals surface area contributed by atoms with Gasteiger partial charge < -0.3 is 8.98 Å². The van der Waals surface area contributed by atoms with Crippen molar-refractivity contribution in [2.24, 2.45) is 0 Å². The van der Waals surface area contributed by atoms with Gasteiger partial charge in [0.1, 0.15) is 5.76 Å². The summed E-state index contributed by atoms with van der Waals surface area (Å²) in [6.07, 6.45) is 0.862. The molecular formula is C17H17N3O. The molecule has 0 unspecified atom stereocenters. The van der Waals surface area contributed by atoms with Crippen LogP contribution in [0.2, 0.25) is 0 Å². The summed E-state index contributed by atoms with van der Waals surface area (Å²) in [7, 11) is 0. The fraction of sp³-hybridized carbons (Fsp3) is 0.294. The third-order valence-electron chi connectivity index (χ3n) is 3.57. The highest BCUT2D eigenvalue weighted by Crippen LogP contribution is 2.30. The Balaban J connectivity index is 2.26. The topological polar surface area (TPSA) is 54.8 Å². The zero-order valence-corrected chi connectivity index (χ0v) is 12.4.